The SMILES string of the molecule is CO/C(=C/C=C/C1C=CC=C1)C1C=CC=C1. The molecule has 0 saturated heterocycles. The van der Waals surface area contributed by atoms with Crippen LogP contribution in [-0.2, 0) is 4.74 Å². The van der Waals surface area contributed by atoms with E-state index in [4.69, 9.17) is 4.74 Å². The lowest BCUT2D eigenvalue weighted by Crippen LogP contribution is -1.97. The first-order valence-electron chi connectivity index (χ1n) is 5.52. The topological polar surface area (TPSA) is 9.23 Å². The third-order valence-electron chi connectivity index (χ3n) is 2.68. The quantitative estimate of drug-likeness (QED) is 0.511. The summed E-state index contributed by atoms with van der Waals surface area (Å²) in [7, 11) is 1.72. The number of hydrogen-bond acceptors (Lipinski definition) is 1. The van der Waals surface area contributed by atoms with Gasteiger partial charge in [0.05, 0.1) is 13.0 Å². The Morgan fingerprint density at radius 3 is 2.25 bits per heavy atom. The van der Waals surface area contributed by atoms with Gasteiger partial charge in [0.25, 0.3) is 0 Å². The van der Waals surface area contributed by atoms with Crippen molar-refractivity contribution in [1.29, 1.82) is 0 Å². The zero-order chi connectivity index (χ0) is 11.2. The maximum absolute atomic E-state index is 5.37. The number of ether oxygens (including phenoxy) is 1. The molecule has 0 aromatic heterocycles. The fraction of sp³-hybridized carbons (Fsp3) is 0.200. The molecule has 0 bridgehead atoms. The Morgan fingerprint density at radius 1 is 1.00 bits per heavy atom. The largest absolute Gasteiger partial charge is 0.500 e. The monoisotopic (exact) mass is 212 g/mol. The highest BCUT2D eigenvalue weighted by atomic mass is 16.5. The molecule has 0 aliphatic heterocycles. The summed E-state index contributed by atoms with van der Waals surface area (Å²) < 4.78 is 5.37. The average molecular weight is 212 g/mol. The lowest BCUT2D eigenvalue weighted by Gasteiger charge is -2.08. The van der Waals surface area contributed by atoms with Gasteiger partial charge in [-0.2, -0.15) is 0 Å². The molecule has 0 amide bonds. The molecule has 0 spiro atoms. The minimum atomic E-state index is 0.296. The van der Waals surface area contributed by atoms with Crippen molar-refractivity contribution in [3.05, 3.63) is 72.6 Å². The molecule has 0 heterocycles. The highest BCUT2D eigenvalue weighted by Crippen LogP contribution is 2.20. The Labute approximate surface area is 96.8 Å². The lowest BCUT2D eigenvalue weighted by atomic mass is 10.1. The fourth-order valence-corrected chi connectivity index (χ4v) is 1.79. The minimum absolute atomic E-state index is 0.296. The summed E-state index contributed by atoms with van der Waals surface area (Å²) in [6.07, 6.45) is 23.0. The summed E-state index contributed by atoms with van der Waals surface area (Å²) in [5, 5.41) is 0. The maximum atomic E-state index is 5.37. The first kappa shape index (κ1) is 10.7. The van der Waals surface area contributed by atoms with Crippen molar-refractivity contribution in [1.82, 2.24) is 0 Å². The van der Waals surface area contributed by atoms with E-state index in [9.17, 15) is 0 Å². The van der Waals surface area contributed by atoms with Crippen molar-refractivity contribution in [2.75, 3.05) is 7.11 Å². The Morgan fingerprint density at radius 2 is 1.62 bits per heavy atom. The van der Waals surface area contributed by atoms with Crippen LogP contribution < -0.4 is 0 Å². The van der Waals surface area contributed by atoms with E-state index in [2.05, 4.69) is 48.6 Å². The number of methoxy groups -OCH3 is 1. The number of hydrogen-bond donors (Lipinski definition) is 0. The maximum Gasteiger partial charge on any atom is 0.106 e. The summed E-state index contributed by atoms with van der Waals surface area (Å²) in [5.41, 5.74) is 0. The van der Waals surface area contributed by atoms with Gasteiger partial charge in [0.2, 0.25) is 0 Å². The summed E-state index contributed by atoms with van der Waals surface area (Å²) in [5.74, 6) is 1.71. The molecule has 0 radical (unpaired) electrons. The van der Waals surface area contributed by atoms with Crippen molar-refractivity contribution in [2.24, 2.45) is 11.8 Å². The molecule has 0 unspecified atom stereocenters. The molecule has 0 atom stereocenters. The standard InChI is InChI=1S/C15H16O/c1-16-15(14-10-4-5-11-14)12-6-9-13-7-2-3-8-13/h2-14H,1H3/b9-6+,15-12+. The van der Waals surface area contributed by atoms with E-state index in [0.717, 1.165) is 5.76 Å². The van der Waals surface area contributed by atoms with Gasteiger partial charge in [0.15, 0.2) is 0 Å². The van der Waals surface area contributed by atoms with Crippen LogP contribution >= 0.6 is 0 Å². The average Bonchev–Trinajstić information content (AvgIpc) is 2.96. The zero-order valence-electron chi connectivity index (χ0n) is 9.41. The summed E-state index contributed by atoms with van der Waals surface area (Å²) in [4.78, 5) is 0. The molecule has 2 rings (SSSR count). The van der Waals surface area contributed by atoms with Gasteiger partial charge in [-0.05, 0) is 6.08 Å². The summed E-state index contributed by atoms with van der Waals surface area (Å²) in [6, 6.07) is 0. The minimum Gasteiger partial charge on any atom is -0.500 e. The molecule has 2 aliphatic rings. The first-order valence-corrected chi connectivity index (χ1v) is 5.52. The molecule has 0 N–H and O–H groups in total. The predicted molar refractivity (Wildman–Crippen MR) is 67.8 cm³/mol. The van der Waals surface area contributed by atoms with E-state index in [0.29, 0.717) is 11.8 Å². The molecule has 0 fully saturated rings. The third kappa shape index (κ3) is 2.63. The smallest absolute Gasteiger partial charge is 0.106 e. The zero-order valence-corrected chi connectivity index (χ0v) is 9.41. The van der Waals surface area contributed by atoms with Crippen LogP contribution in [0.1, 0.15) is 0 Å². The van der Waals surface area contributed by atoms with E-state index in [1.54, 1.807) is 7.11 Å². The molecule has 0 aromatic carbocycles. The second kappa shape index (κ2) is 5.36. The molecule has 2 aliphatic carbocycles. The van der Waals surface area contributed by atoms with E-state index in [-0.39, 0.29) is 0 Å². The highest BCUT2D eigenvalue weighted by Gasteiger charge is 2.09. The van der Waals surface area contributed by atoms with Crippen LogP contribution in [0, 0.1) is 11.8 Å². The Balaban J connectivity index is 1.98. The molecule has 0 aromatic rings. The van der Waals surface area contributed by atoms with Crippen molar-refractivity contribution >= 4 is 0 Å². The van der Waals surface area contributed by atoms with Gasteiger partial charge in [-0.3, -0.25) is 0 Å². The predicted octanol–water partition coefficient (Wildman–Crippen LogP) is 3.56. The van der Waals surface area contributed by atoms with E-state index < -0.39 is 0 Å². The van der Waals surface area contributed by atoms with Crippen LogP contribution in [0.3, 0.4) is 0 Å². The summed E-state index contributed by atoms with van der Waals surface area (Å²) >= 11 is 0. The van der Waals surface area contributed by atoms with Crippen LogP contribution in [0.15, 0.2) is 72.6 Å². The van der Waals surface area contributed by atoms with E-state index in [1.807, 2.05) is 18.2 Å². The van der Waals surface area contributed by atoms with Crippen LogP contribution in [-0.4, -0.2) is 7.11 Å². The Hall–Kier alpha value is -1.76. The van der Waals surface area contributed by atoms with Gasteiger partial charge in [0, 0.05) is 5.92 Å². The van der Waals surface area contributed by atoms with Gasteiger partial charge < -0.3 is 4.74 Å². The van der Waals surface area contributed by atoms with Crippen LogP contribution in [0.4, 0.5) is 0 Å². The lowest BCUT2D eigenvalue weighted by molar-refractivity contribution is 0.269. The molecule has 0 saturated carbocycles. The fourth-order valence-electron chi connectivity index (χ4n) is 1.79. The van der Waals surface area contributed by atoms with Gasteiger partial charge in [-0.1, -0.05) is 60.8 Å². The second-order valence-electron chi connectivity index (χ2n) is 3.80. The van der Waals surface area contributed by atoms with Crippen LogP contribution in [0.2, 0.25) is 0 Å². The van der Waals surface area contributed by atoms with Crippen LogP contribution in [0.25, 0.3) is 0 Å². The normalized spacial score (nSPS) is 20.7. The summed E-state index contributed by atoms with van der Waals surface area (Å²) in [6.45, 7) is 0. The third-order valence-corrected chi connectivity index (χ3v) is 2.68. The molecule has 82 valence electrons. The molecule has 16 heavy (non-hydrogen) atoms. The Bertz CT molecular complexity index is 381. The number of allylic oxidation sites excluding steroid dienone is 10. The second-order valence-corrected chi connectivity index (χ2v) is 3.80. The van der Waals surface area contributed by atoms with Crippen molar-refractivity contribution < 1.29 is 4.74 Å². The van der Waals surface area contributed by atoms with Crippen molar-refractivity contribution in [3.63, 3.8) is 0 Å². The van der Waals surface area contributed by atoms with Crippen molar-refractivity contribution in [3.8, 4) is 0 Å². The van der Waals surface area contributed by atoms with Gasteiger partial charge in [0.1, 0.15) is 5.76 Å². The van der Waals surface area contributed by atoms with Crippen LogP contribution in [0.5, 0.6) is 0 Å². The van der Waals surface area contributed by atoms with E-state index >= 15 is 0 Å². The Kier molecular flexibility index (Phi) is 3.60. The van der Waals surface area contributed by atoms with Gasteiger partial charge >= 0.3 is 0 Å². The molecular weight excluding hydrogens is 196 g/mol. The molecule has 1 nitrogen and oxygen atoms in total. The molecule has 1 heteroatoms. The van der Waals surface area contributed by atoms with Gasteiger partial charge in [-0.25, -0.2) is 0 Å². The highest BCUT2D eigenvalue weighted by molar-refractivity contribution is 5.29. The van der Waals surface area contributed by atoms with Crippen molar-refractivity contribution in [2.45, 2.75) is 0 Å². The first-order chi connectivity index (χ1) is 7.90. The molecular formula is C15H16O. The number of rotatable bonds is 4. The van der Waals surface area contributed by atoms with Gasteiger partial charge in [-0.15, -0.1) is 0 Å². The van der Waals surface area contributed by atoms with E-state index in [1.165, 1.54) is 0 Å².